The van der Waals surface area contributed by atoms with E-state index in [1.165, 1.54) is 43.0 Å². The number of pyridine rings is 1. The average Bonchev–Trinajstić information content (AvgIpc) is 2.72. The van der Waals surface area contributed by atoms with Gasteiger partial charge in [0.05, 0.1) is 7.11 Å². The first-order valence-electron chi connectivity index (χ1n) is 10.4. The number of nitrogens with zero attached hydrogens (tertiary/aromatic N) is 1. The lowest BCUT2D eigenvalue weighted by molar-refractivity contribution is -0.134. The number of carbonyl (C=O) groups is 4. The van der Waals surface area contributed by atoms with Gasteiger partial charge in [0.25, 0.3) is 5.56 Å². The maximum Gasteiger partial charge on any atom is 0.330 e. The largest absolute Gasteiger partial charge is 0.466 e. The van der Waals surface area contributed by atoms with Crippen LogP contribution in [0.2, 0.25) is 0 Å². The van der Waals surface area contributed by atoms with Crippen molar-refractivity contribution in [2.24, 2.45) is 5.92 Å². The Morgan fingerprint density at radius 3 is 2.53 bits per heavy atom. The Morgan fingerprint density at radius 2 is 1.91 bits per heavy atom. The van der Waals surface area contributed by atoms with Crippen molar-refractivity contribution in [3.8, 4) is 0 Å². The van der Waals surface area contributed by atoms with Crippen molar-refractivity contribution in [1.29, 1.82) is 0 Å². The second kappa shape index (κ2) is 13.8. The number of allylic oxidation sites excluding steroid dienone is 1. The van der Waals surface area contributed by atoms with Crippen molar-refractivity contribution in [2.75, 3.05) is 19.0 Å². The van der Waals surface area contributed by atoms with E-state index in [2.05, 4.69) is 20.7 Å². The SMILES string of the molecule is COC(=O)/C=C/CCC(NC(C)=O)C(=O)Nc1cccn(CC(=O)NCCC(C)C)c1=O. The van der Waals surface area contributed by atoms with Crippen LogP contribution < -0.4 is 21.5 Å². The van der Waals surface area contributed by atoms with E-state index in [1.807, 2.05) is 13.8 Å². The molecule has 0 aliphatic carbocycles. The molecule has 176 valence electrons. The summed E-state index contributed by atoms with van der Waals surface area (Å²) in [6.07, 6.45) is 5.58. The third-order valence-corrected chi connectivity index (χ3v) is 4.41. The molecule has 1 aromatic rings. The van der Waals surface area contributed by atoms with E-state index in [0.717, 1.165) is 6.42 Å². The standard InChI is InChI=1S/C22H32N4O6/c1-15(2)11-12-23-19(28)14-26-13-7-9-18(22(26)31)25-21(30)17(24-16(3)27)8-5-6-10-20(29)32-4/h6-7,9-10,13,15,17H,5,8,11-12,14H2,1-4H3,(H,23,28)(H,24,27)(H,25,30)/b10-6+. The molecule has 0 bridgehead atoms. The molecular formula is C22H32N4O6. The summed E-state index contributed by atoms with van der Waals surface area (Å²) >= 11 is 0. The fraction of sp³-hybridized carbons (Fsp3) is 0.500. The summed E-state index contributed by atoms with van der Waals surface area (Å²) in [5.41, 5.74) is -0.542. The van der Waals surface area contributed by atoms with Gasteiger partial charge < -0.3 is 25.3 Å². The van der Waals surface area contributed by atoms with Crippen molar-refractivity contribution in [3.05, 3.63) is 40.8 Å². The normalized spacial score (nSPS) is 11.8. The fourth-order valence-electron chi connectivity index (χ4n) is 2.71. The van der Waals surface area contributed by atoms with Gasteiger partial charge in [-0.05, 0) is 37.3 Å². The van der Waals surface area contributed by atoms with Crippen molar-refractivity contribution < 1.29 is 23.9 Å². The van der Waals surface area contributed by atoms with Crippen LogP contribution in [-0.2, 0) is 30.5 Å². The number of nitrogens with one attached hydrogen (secondary N) is 3. The highest BCUT2D eigenvalue weighted by atomic mass is 16.5. The minimum atomic E-state index is -0.915. The maximum atomic E-state index is 12.7. The number of aromatic nitrogens is 1. The molecule has 0 fully saturated rings. The zero-order valence-corrected chi connectivity index (χ0v) is 19.0. The number of ether oxygens (including phenoxy) is 1. The Labute approximate surface area is 187 Å². The van der Waals surface area contributed by atoms with Gasteiger partial charge in [-0.2, -0.15) is 0 Å². The monoisotopic (exact) mass is 448 g/mol. The minimum Gasteiger partial charge on any atom is -0.466 e. The molecule has 1 aromatic heterocycles. The van der Waals surface area contributed by atoms with E-state index in [-0.39, 0.29) is 24.6 Å². The van der Waals surface area contributed by atoms with Gasteiger partial charge in [0, 0.05) is 25.7 Å². The average molecular weight is 449 g/mol. The predicted octanol–water partition coefficient (Wildman–Crippen LogP) is 0.963. The highest BCUT2D eigenvalue weighted by Gasteiger charge is 2.20. The van der Waals surface area contributed by atoms with Gasteiger partial charge in [-0.15, -0.1) is 0 Å². The van der Waals surface area contributed by atoms with Gasteiger partial charge in [-0.25, -0.2) is 4.79 Å². The topological polar surface area (TPSA) is 136 Å². The van der Waals surface area contributed by atoms with Crippen LogP contribution in [0, 0.1) is 5.92 Å². The number of esters is 1. The number of amides is 3. The Balaban J connectivity index is 2.81. The third-order valence-electron chi connectivity index (χ3n) is 4.41. The smallest absolute Gasteiger partial charge is 0.330 e. The third kappa shape index (κ3) is 10.1. The van der Waals surface area contributed by atoms with Crippen LogP contribution >= 0.6 is 0 Å². The van der Waals surface area contributed by atoms with Crippen molar-refractivity contribution in [3.63, 3.8) is 0 Å². The summed E-state index contributed by atoms with van der Waals surface area (Å²) < 4.78 is 5.69. The highest BCUT2D eigenvalue weighted by molar-refractivity contribution is 5.96. The molecule has 0 spiro atoms. The van der Waals surface area contributed by atoms with Crippen LogP contribution in [0.15, 0.2) is 35.3 Å². The summed E-state index contributed by atoms with van der Waals surface area (Å²) in [7, 11) is 1.25. The van der Waals surface area contributed by atoms with E-state index in [0.29, 0.717) is 18.9 Å². The molecule has 0 saturated heterocycles. The molecule has 0 aliphatic rings. The molecule has 1 atom stereocenters. The summed E-state index contributed by atoms with van der Waals surface area (Å²) in [5, 5.41) is 7.80. The van der Waals surface area contributed by atoms with Crippen LogP contribution in [0.4, 0.5) is 5.69 Å². The van der Waals surface area contributed by atoms with Crippen LogP contribution in [0.1, 0.15) is 40.0 Å². The molecule has 32 heavy (non-hydrogen) atoms. The van der Waals surface area contributed by atoms with Gasteiger partial charge >= 0.3 is 5.97 Å². The Morgan fingerprint density at radius 1 is 1.19 bits per heavy atom. The van der Waals surface area contributed by atoms with Gasteiger partial charge in [0.15, 0.2) is 0 Å². The molecule has 1 unspecified atom stereocenters. The highest BCUT2D eigenvalue weighted by Crippen LogP contribution is 2.05. The first kappa shape index (κ1) is 26.6. The van der Waals surface area contributed by atoms with Gasteiger partial charge in [-0.1, -0.05) is 19.9 Å². The maximum absolute atomic E-state index is 12.7. The number of hydrogen-bond donors (Lipinski definition) is 3. The summed E-state index contributed by atoms with van der Waals surface area (Å²) in [6.45, 7) is 5.72. The predicted molar refractivity (Wildman–Crippen MR) is 120 cm³/mol. The van der Waals surface area contributed by atoms with Gasteiger partial charge in [0.2, 0.25) is 17.7 Å². The van der Waals surface area contributed by atoms with Crippen LogP contribution in [-0.4, -0.2) is 48.0 Å². The first-order chi connectivity index (χ1) is 15.1. The van der Waals surface area contributed by atoms with Crippen LogP contribution in [0.25, 0.3) is 0 Å². The molecular weight excluding hydrogens is 416 g/mol. The zero-order valence-electron chi connectivity index (χ0n) is 19.0. The minimum absolute atomic E-state index is 0.00654. The molecule has 0 saturated carbocycles. The Bertz CT molecular complexity index is 891. The number of methoxy groups -OCH3 is 1. The lowest BCUT2D eigenvalue weighted by Gasteiger charge is -2.17. The lowest BCUT2D eigenvalue weighted by atomic mass is 10.1. The number of hydrogen-bond acceptors (Lipinski definition) is 6. The van der Waals surface area contributed by atoms with E-state index in [9.17, 15) is 24.0 Å². The van der Waals surface area contributed by atoms with E-state index >= 15 is 0 Å². The second-order valence-electron chi connectivity index (χ2n) is 7.63. The van der Waals surface area contributed by atoms with E-state index in [1.54, 1.807) is 6.07 Å². The van der Waals surface area contributed by atoms with E-state index < -0.39 is 29.4 Å². The quantitative estimate of drug-likeness (QED) is 0.322. The lowest BCUT2D eigenvalue weighted by Crippen LogP contribution is -2.43. The molecule has 0 aliphatic heterocycles. The molecule has 0 radical (unpaired) electrons. The molecule has 0 aromatic carbocycles. The first-order valence-corrected chi connectivity index (χ1v) is 10.4. The molecule has 1 heterocycles. The van der Waals surface area contributed by atoms with Crippen LogP contribution in [0.3, 0.4) is 0 Å². The molecule has 1 rings (SSSR count). The molecule has 10 nitrogen and oxygen atoms in total. The van der Waals surface area contributed by atoms with E-state index in [4.69, 9.17) is 0 Å². The van der Waals surface area contributed by atoms with Crippen molar-refractivity contribution in [2.45, 2.75) is 52.6 Å². The summed E-state index contributed by atoms with van der Waals surface area (Å²) in [4.78, 5) is 60.0. The second-order valence-corrected chi connectivity index (χ2v) is 7.63. The molecule has 3 amide bonds. The van der Waals surface area contributed by atoms with Crippen LogP contribution in [0.5, 0.6) is 0 Å². The molecule has 3 N–H and O–H groups in total. The van der Waals surface area contributed by atoms with Crippen molar-refractivity contribution in [1.82, 2.24) is 15.2 Å². The summed E-state index contributed by atoms with van der Waals surface area (Å²) in [6, 6.07) is 2.06. The number of carbonyl (C=O) groups excluding carboxylic acids is 4. The number of anilines is 1. The summed E-state index contributed by atoms with van der Waals surface area (Å²) in [5.74, 6) is -1.37. The number of rotatable bonds is 12. The zero-order chi connectivity index (χ0) is 24.1. The fourth-order valence-corrected chi connectivity index (χ4v) is 2.71. The molecule has 10 heteroatoms. The Kier molecular flexibility index (Phi) is 11.5. The van der Waals surface area contributed by atoms with Gasteiger partial charge in [0.1, 0.15) is 18.3 Å². The van der Waals surface area contributed by atoms with Gasteiger partial charge in [-0.3, -0.25) is 19.2 Å². The van der Waals surface area contributed by atoms with Crippen molar-refractivity contribution >= 4 is 29.4 Å². The Hall–Kier alpha value is -3.43.